The highest BCUT2D eigenvalue weighted by Crippen LogP contribution is 2.33. The van der Waals surface area contributed by atoms with Crippen LogP contribution in [0.4, 0.5) is 4.39 Å². The number of methoxy groups -OCH3 is 1. The number of ether oxygens (including phenoxy) is 1. The zero-order valence-corrected chi connectivity index (χ0v) is 14.7. The van der Waals surface area contributed by atoms with Crippen molar-refractivity contribution in [3.8, 4) is 5.75 Å². The van der Waals surface area contributed by atoms with E-state index in [-0.39, 0.29) is 12.2 Å². The van der Waals surface area contributed by atoms with E-state index in [1.165, 1.54) is 24.5 Å². The minimum atomic E-state index is -0.931. The van der Waals surface area contributed by atoms with Crippen LogP contribution in [-0.4, -0.2) is 22.8 Å². The van der Waals surface area contributed by atoms with Crippen molar-refractivity contribution in [3.05, 3.63) is 50.6 Å². The molecular formula is C17H15ClFNO3S. The number of carbonyl (C=O) groups is 1. The summed E-state index contributed by atoms with van der Waals surface area (Å²) < 4.78 is 21.8. The molecule has 4 nitrogen and oxygen atoms in total. The van der Waals surface area contributed by atoms with Gasteiger partial charge < -0.3 is 14.4 Å². The molecule has 0 amide bonds. The molecule has 2 heterocycles. The van der Waals surface area contributed by atoms with Gasteiger partial charge in [-0.05, 0) is 35.6 Å². The Bertz CT molecular complexity index is 932. The Balaban J connectivity index is 2.21. The van der Waals surface area contributed by atoms with E-state index in [1.54, 1.807) is 6.07 Å². The highest BCUT2D eigenvalue weighted by Gasteiger charge is 2.19. The Kier molecular flexibility index (Phi) is 4.51. The molecule has 0 bridgehead atoms. The van der Waals surface area contributed by atoms with Crippen molar-refractivity contribution < 1.29 is 19.0 Å². The summed E-state index contributed by atoms with van der Waals surface area (Å²) in [6.45, 7) is 2.34. The van der Waals surface area contributed by atoms with Crippen LogP contribution < -0.4 is 4.74 Å². The van der Waals surface area contributed by atoms with Crippen LogP contribution in [0.1, 0.15) is 16.8 Å². The third-order valence-corrected chi connectivity index (χ3v) is 5.16. The van der Waals surface area contributed by atoms with Crippen LogP contribution in [0.5, 0.6) is 5.75 Å². The molecule has 3 rings (SSSR count). The second-order valence-corrected chi connectivity index (χ2v) is 7.03. The second-order valence-electron chi connectivity index (χ2n) is 5.48. The standard InChI is InChI=1S/C17H15ClFNO3S/c1-9-11(5-17(21)22)12-4-15(23-2)13(19)6-14(12)20(9)7-10-3-16(18)24-8-10/h3-4,6,8H,5,7H2,1-2H3,(H,21,22). The minimum Gasteiger partial charge on any atom is -0.494 e. The van der Waals surface area contributed by atoms with Gasteiger partial charge in [-0.15, -0.1) is 11.3 Å². The van der Waals surface area contributed by atoms with Gasteiger partial charge in [0.2, 0.25) is 0 Å². The number of halogens is 2. The number of benzene rings is 1. The Labute approximate surface area is 147 Å². The molecule has 0 fully saturated rings. The topological polar surface area (TPSA) is 51.5 Å². The lowest BCUT2D eigenvalue weighted by molar-refractivity contribution is -0.136. The fraction of sp³-hybridized carbons (Fsp3) is 0.235. The van der Waals surface area contributed by atoms with Crippen molar-refractivity contribution in [2.45, 2.75) is 19.9 Å². The van der Waals surface area contributed by atoms with Gasteiger partial charge in [0.1, 0.15) is 0 Å². The summed E-state index contributed by atoms with van der Waals surface area (Å²) in [6.07, 6.45) is -0.130. The Hall–Kier alpha value is -2.05. The number of fused-ring (bicyclic) bond motifs is 1. The molecule has 0 aliphatic carbocycles. The SMILES string of the molecule is COc1cc2c(CC(=O)O)c(C)n(Cc3csc(Cl)c3)c2cc1F. The van der Waals surface area contributed by atoms with Crippen LogP contribution in [0.3, 0.4) is 0 Å². The maximum absolute atomic E-state index is 14.2. The zero-order chi connectivity index (χ0) is 17.4. The van der Waals surface area contributed by atoms with E-state index >= 15 is 0 Å². The third-order valence-electron chi connectivity index (χ3n) is 4.02. The van der Waals surface area contributed by atoms with E-state index < -0.39 is 11.8 Å². The van der Waals surface area contributed by atoms with Crippen LogP contribution in [0.15, 0.2) is 23.6 Å². The Morgan fingerprint density at radius 2 is 2.17 bits per heavy atom. The van der Waals surface area contributed by atoms with Crippen LogP contribution in [0.2, 0.25) is 4.34 Å². The summed E-state index contributed by atoms with van der Waals surface area (Å²) >= 11 is 7.40. The maximum atomic E-state index is 14.2. The number of aromatic nitrogens is 1. The van der Waals surface area contributed by atoms with Crippen LogP contribution >= 0.6 is 22.9 Å². The van der Waals surface area contributed by atoms with Crippen LogP contribution in [0.25, 0.3) is 10.9 Å². The molecule has 3 aromatic rings. The number of hydrogen-bond acceptors (Lipinski definition) is 3. The number of rotatable bonds is 5. The number of carboxylic acids is 1. The van der Waals surface area contributed by atoms with Gasteiger partial charge in [-0.2, -0.15) is 0 Å². The molecule has 2 aromatic heterocycles. The van der Waals surface area contributed by atoms with E-state index in [0.29, 0.717) is 27.3 Å². The quantitative estimate of drug-likeness (QED) is 0.723. The fourth-order valence-corrected chi connectivity index (χ4v) is 3.79. The van der Waals surface area contributed by atoms with E-state index in [4.69, 9.17) is 16.3 Å². The van der Waals surface area contributed by atoms with Crippen molar-refractivity contribution in [2.75, 3.05) is 7.11 Å². The molecule has 0 atom stereocenters. The monoisotopic (exact) mass is 367 g/mol. The molecule has 7 heteroatoms. The average Bonchev–Trinajstić information content (AvgIpc) is 3.03. The lowest BCUT2D eigenvalue weighted by Gasteiger charge is -2.08. The van der Waals surface area contributed by atoms with Crippen LogP contribution in [0, 0.1) is 12.7 Å². The number of nitrogens with zero attached hydrogens (tertiary/aromatic N) is 1. The van der Waals surface area contributed by atoms with Crippen molar-refractivity contribution in [1.29, 1.82) is 0 Å². The normalized spacial score (nSPS) is 11.2. The summed E-state index contributed by atoms with van der Waals surface area (Å²) in [5, 5.41) is 11.8. The predicted molar refractivity (Wildman–Crippen MR) is 93.0 cm³/mol. The maximum Gasteiger partial charge on any atom is 0.307 e. The predicted octanol–water partition coefficient (Wildman–Crippen LogP) is 4.49. The number of hydrogen-bond donors (Lipinski definition) is 1. The lowest BCUT2D eigenvalue weighted by atomic mass is 10.1. The molecule has 0 aliphatic rings. The first-order valence-corrected chi connectivity index (χ1v) is 8.46. The molecule has 0 unspecified atom stereocenters. The second kappa shape index (κ2) is 6.45. The summed E-state index contributed by atoms with van der Waals surface area (Å²) in [5.41, 5.74) is 3.09. The smallest absolute Gasteiger partial charge is 0.307 e. The van der Waals surface area contributed by atoms with Gasteiger partial charge >= 0.3 is 5.97 Å². The molecule has 0 saturated heterocycles. The number of carboxylic acid groups (broad SMARTS) is 1. The first-order chi connectivity index (χ1) is 11.4. The van der Waals surface area contributed by atoms with Gasteiger partial charge in [0.15, 0.2) is 11.6 Å². The van der Waals surface area contributed by atoms with Gasteiger partial charge in [-0.1, -0.05) is 11.6 Å². The third kappa shape index (κ3) is 2.99. The van der Waals surface area contributed by atoms with Crippen molar-refractivity contribution in [1.82, 2.24) is 4.57 Å². The van der Waals surface area contributed by atoms with E-state index in [1.807, 2.05) is 22.9 Å². The summed E-state index contributed by atoms with van der Waals surface area (Å²) in [4.78, 5) is 11.2. The van der Waals surface area contributed by atoms with E-state index in [0.717, 1.165) is 11.3 Å². The number of aliphatic carboxylic acids is 1. The molecule has 24 heavy (non-hydrogen) atoms. The largest absolute Gasteiger partial charge is 0.494 e. The Morgan fingerprint density at radius 1 is 1.42 bits per heavy atom. The summed E-state index contributed by atoms with van der Waals surface area (Å²) in [5.74, 6) is -1.31. The highest BCUT2D eigenvalue weighted by atomic mass is 35.5. The van der Waals surface area contributed by atoms with Crippen molar-refractivity contribution >= 4 is 39.8 Å². The minimum absolute atomic E-state index is 0.102. The van der Waals surface area contributed by atoms with Crippen molar-refractivity contribution in [2.24, 2.45) is 0 Å². The molecule has 126 valence electrons. The average molecular weight is 368 g/mol. The summed E-state index contributed by atoms with van der Waals surface area (Å²) in [7, 11) is 1.39. The van der Waals surface area contributed by atoms with E-state index in [2.05, 4.69) is 0 Å². The zero-order valence-electron chi connectivity index (χ0n) is 13.1. The number of thiophene rings is 1. The molecule has 0 radical (unpaired) electrons. The lowest BCUT2D eigenvalue weighted by Crippen LogP contribution is -2.04. The molecule has 1 N–H and O–H groups in total. The van der Waals surface area contributed by atoms with E-state index in [9.17, 15) is 14.3 Å². The highest BCUT2D eigenvalue weighted by molar-refractivity contribution is 7.14. The Morgan fingerprint density at radius 3 is 2.75 bits per heavy atom. The van der Waals surface area contributed by atoms with Gasteiger partial charge in [0.05, 0.1) is 23.4 Å². The van der Waals surface area contributed by atoms with Crippen LogP contribution in [-0.2, 0) is 17.8 Å². The first-order valence-electron chi connectivity index (χ1n) is 7.20. The first kappa shape index (κ1) is 16.8. The van der Waals surface area contributed by atoms with Gasteiger partial charge in [0, 0.05) is 23.7 Å². The van der Waals surface area contributed by atoms with Crippen molar-refractivity contribution in [3.63, 3.8) is 0 Å². The fourth-order valence-electron chi connectivity index (χ4n) is 2.89. The van der Waals surface area contributed by atoms with Gasteiger partial charge in [-0.3, -0.25) is 4.79 Å². The molecule has 0 spiro atoms. The summed E-state index contributed by atoms with van der Waals surface area (Å²) in [6, 6.07) is 4.81. The molecule has 0 saturated carbocycles. The van der Waals surface area contributed by atoms with Gasteiger partial charge in [-0.25, -0.2) is 4.39 Å². The molecule has 1 aromatic carbocycles. The molecule has 0 aliphatic heterocycles. The van der Waals surface area contributed by atoms with Gasteiger partial charge in [0.25, 0.3) is 0 Å². The molecular weight excluding hydrogens is 353 g/mol.